The molecular weight excluding hydrogens is 244 g/mol. The highest BCUT2D eigenvalue weighted by Crippen LogP contribution is 2.18. The van der Waals surface area contributed by atoms with Crippen molar-refractivity contribution in [2.75, 3.05) is 29.9 Å². The number of hydrogen-bond acceptors (Lipinski definition) is 5. The van der Waals surface area contributed by atoms with Crippen LogP contribution in [0.5, 0.6) is 0 Å². The van der Waals surface area contributed by atoms with Crippen molar-refractivity contribution in [3.63, 3.8) is 0 Å². The number of carboxylic acids is 1. The van der Waals surface area contributed by atoms with Crippen molar-refractivity contribution in [1.29, 1.82) is 0 Å². The maximum atomic E-state index is 10.5. The summed E-state index contributed by atoms with van der Waals surface area (Å²) in [6.07, 6.45) is 6.58. The first-order valence-corrected chi connectivity index (χ1v) is 6.78. The number of nitrogens with one attached hydrogen (secondary N) is 1. The molecule has 2 heterocycles. The van der Waals surface area contributed by atoms with Crippen molar-refractivity contribution in [3.05, 3.63) is 12.4 Å². The summed E-state index contributed by atoms with van der Waals surface area (Å²) >= 11 is 0. The number of carboxylic acid groups (broad SMARTS) is 1. The molecule has 2 rings (SSSR count). The standard InChI is InChI=1S/C13H20N4O2/c18-13(19)5-6-14-11-9-12(16-10-15-11)17-7-3-1-2-4-8-17/h9-10H,1-8H2,(H,18,19)(H,14,15,16). The number of aliphatic carboxylic acids is 1. The summed E-state index contributed by atoms with van der Waals surface area (Å²) in [5, 5.41) is 11.6. The molecule has 2 N–H and O–H groups in total. The molecule has 0 bridgehead atoms. The van der Waals surface area contributed by atoms with Crippen LogP contribution in [0.15, 0.2) is 12.4 Å². The first kappa shape index (κ1) is 13.6. The van der Waals surface area contributed by atoms with Gasteiger partial charge >= 0.3 is 5.97 Å². The van der Waals surface area contributed by atoms with E-state index in [1.54, 1.807) is 0 Å². The Balaban J connectivity index is 1.95. The quantitative estimate of drug-likeness (QED) is 0.843. The average Bonchev–Trinajstić information content (AvgIpc) is 2.67. The van der Waals surface area contributed by atoms with Gasteiger partial charge in [-0.25, -0.2) is 9.97 Å². The summed E-state index contributed by atoms with van der Waals surface area (Å²) in [5.41, 5.74) is 0. The van der Waals surface area contributed by atoms with Gasteiger partial charge in [-0.15, -0.1) is 0 Å². The first-order chi connectivity index (χ1) is 9.25. The summed E-state index contributed by atoms with van der Waals surface area (Å²) in [7, 11) is 0. The average molecular weight is 264 g/mol. The zero-order valence-corrected chi connectivity index (χ0v) is 11.0. The predicted octanol–water partition coefficient (Wildman–Crippen LogP) is 1.74. The summed E-state index contributed by atoms with van der Waals surface area (Å²) in [6.45, 7) is 2.45. The van der Waals surface area contributed by atoms with E-state index in [9.17, 15) is 4.79 Å². The number of aromatic nitrogens is 2. The number of nitrogens with zero attached hydrogens (tertiary/aromatic N) is 3. The Morgan fingerprint density at radius 1 is 1.26 bits per heavy atom. The van der Waals surface area contributed by atoms with E-state index in [4.69, 9.17) is 5.11 Å². The third-order valence-corrected chi connectivity index (χ3v) is 3.23. The van der Waals surface area contributed by atoms with Crippen molar-refractivity contribution in [2.45, 2.75) is 32.1 Å². The molecule has 1 aromatic rings. The molecule has 6 heteroatoms. The van der Waals surface area contributed by atoms with Crippen LogP contribution < -0.4 is 10.2 Å². The molecule has 0 unspecified atom stereocenters. The molecule has 0 saturated carbocycles. The minimum Gasteiger partial charge on any atom is -0.481 e. The molecule has 0 amide bonds. The molecule has 1 saturated heterocycles. The number of hydrogen-bond donors (Lipinski definition) is 2. The SMILES string of the molecule is O=C(O)CCNc1cc(N2CCCCCC2)ncn1. The zero-order chi connectivity index (χ0) is 13.5. The van der Waals surface area contributed by atoms with Crippen LogP contribution in [0.4, 0.5) is 11.6 Å². The molecule has 0 spiro atoms. The van der Waals surface area contributed by atoms with E-state index < -0.39 is 5.97 Å². The van der Waals surface area contributed by atoms with Gasteiger partial charge < -0.3 is 15.3 Å². The van der Waals surface area contributed by atoms with E-state index in [1.165, 1.54) is 32.0 Å². The van der Waals surface area contributed by atoms with Gasteiger partial charge in [0.25, 0.3) is 0 Å². The van der Waals surface area contributed by atoms with E-state index in [0.29, 0.717) is 12.4 Å². The highest BCUT2D eigenvalue weighted by molar-refractivity contribution is 5.67. The molecule has 0 aromatic carbocycles. The lowest BCUT2D eigenvalue weighted by Crippen LogP contribution is -2.25. The summed E-state index contributed by atoms with van der Waals surface area (Å²) in [4.78, 5) is 21.2. The molecule has 104 valence electrons. The maximum Gasteiger partial charge on any atom is 0.305 e. The zero-order valence-electron chi connectivity index (χ0n) is 11.0. The number of carbonyl (C=O) groups is 1. The molecule has 1 aliphatic heterocycles. The molecular formula is C13H20N4O2. The highest BCUT2D eigenvalue weighted by atomic mass is 16.4. The van der Waals surface area contributed by atoms with E-state index in [-0.39, 0.29) is 6.42 Å². The van der Waals surface area contributed by atoms with Crippen LogP contribution in [-0.4, -0.2) is 40.7 Å². The van der Waals surface area contributed by atoms with Gasteiger partial charge in [-0.3, -0.25) is 4.79 Å². The van der Waals surface area contributed by atoms with Crippen molar-refractivity contribution < 1.29 is 9.90 Å². The van der Waals surface area contributed by atoms with Crippen molar-refractivity contribution in [2.24, 2.45) is 0 Å². The van der Waals surface area contributed by atoms with Crippen LogP contribution in [-0.2, 0) is 4.79 Å². The first-order valence-electron chi connectivity index (χ1n) is 6.78. The van der Waals surface area contributed by atoms with Crippen molar-refractivity contribution in [3.8, 4) is 0 Å². The Bertz CT molecular complexity index is 417. The largest absolute Gasteiger partial charge is 0.481 e. The van der Waals surface area contributed by atoms with Gasteiger partial charge in [-0.2, -0.15) is 0 Å². The third-order valence-electron chi connectivity index (χ3n) is 3.23. The van der Waals surface area contributed by atoms with Gasteiger partial charge in [0, 0.05) is 25.7 Å². The van der Waals surface area contributed by atoms with Gasteiger partial charge in [-0.05, 0) is 12.8 Å². The van der Waals surface area contributed by atoms with Crippen LogP contribution in [0.2, 0.25) is 0 Å². The predicted molar refractivity (Wildman–Crippen MR) is 73.5 cm³/mol. The van der Waals surface area contributed by atoms with Crippen LogP contribution in [0.25, 0.3) is 0 Å². The molecule has 1 fully saturated rings. The molecule has 6 nitrogen and oxygen atoms in total. The topological polar surface area (TPSA) is 78.4 Å². The fourth-order valence-corrected chi connectivity index (χ4v) is 2.21. The minimum absolute atomic E-state index is 0.0864. The molecule has 0 aliphatic carbocycles. The Hall–Kier alpha value is -1.85. The van der Waals surface area contributed by atoms with E-state index in [0.717, 1.165) is 18.9 Å². The second-order valence-corrected chi connectivity index (χ2v) is 4.73. The normalized spacial score (nSPS) is 15.9. The van der Waals surface area contributed by atoms with Crippen LogP contribution in [0.3, 0.4) is 0 Å². The maximum absolute atomic E-state index is 10.5. The Morgan fingerprint density at radius 2 is 2.00 bits per heavy atom. The second-order valence-electron chi connectivity index (χ2n) is 4.73. The van der Waals surface area contributed by atoms with E-state index >= 15 is 0 Å². The van der Waals surface area contributed by atoms with Gasteiger partial charge in [0.15, 0.2) is 0 Å². The molecule has 19 heavy (non-hydrogen) atoms. The fraction of sp³-hybridized carbons (Fsp3) is 0.615. The summed E-state index contributed by atoms with van der Waals surface area (Å²) in [5.74, 6) is 0.805. The lowest BCUT2D eigenvalue weighted by molar-refractivity contribution is -0.136. The Labute approximate surface area is 112 Å². The van der Waals surface area contributed by atoms with Crippen molar-refractivity contribution >= 4 is 17.6 Å². The molecule has 0 atom stereocenters. The van der Waals surface area contributed by atoms with E-state index in [1.807, 2.05) is 6.07 Å². The molecule has 0 radical (unpaired) electrons. The minimum atomic E-state index is -0.811. The number of anilines is 2. The van der Waals surface area contributed by atoms with Gasteiger partial charge in [0.05, 0.1) is 6.42 Å². The smallest absolute Gasteiger partial charge is 0.305 e. The monoisotopic (exact) mass is 264 g/mol. The summed E-state index contributed by atoms with van der Waals surface area (Å²) in [6, 6.07) is 1.90. The second kappa shape index (κ2) is 6.92. The van der Waals surface area contributed by atoms with Crippen molar-refractivity contribution in [1.82, 2.24) is 9.97 Å². The lowest BCUT2D eigenvalue weighted by atomic mass is 10.2. The Kier molecular flexibility index (Phi) is 4.94. The molecule has 1 aromatic heterocycles. The Morgan fingerprint density at radius 3 is 2.68 bits per heavy atom. The number of rotatable bonds is 5. The lowest BCUT2D eigenvalue weighted by Gasteiger charge is -2.21. The van der Waals surface area contributed by atoms with Crippen LogP contribution >= 0.6 is 0 Å². The van der Waals surface area contributed by atoms with E-state index in [2.05, 4.69) is 20.2 Å². The van der Waals surface area contributed by atoms with Crippen LogP contribution in [0, 0.1) is 0 Å². The van der Waals surface area contributed by atoms with Gasteiger partial charge in [-0.1, -0.05) is 12.8 Å². The fourth-order valence-electron chi connectivity index (χ4n) is 2.21. The van der Waals surface area contributed by atoms with Crippen LogP contribution in [0.1, 0.15) is 32.1 Å². The highest BCUT2D eigenvalue weighted by Gasteiger charge is 2.11. The summed E-state index contributed by atoms with van der Waals surface area (Å²) < 4.78 is 0. The van der Waals surface area contributed by atoms with Gasteiger partial charge in [0.2, 0.25) is 0 Å². The van der Waals surface area contributed by atoms with Gasteiger partial charge in [0.1, 0.15) is 18.0 Å². The third kappa shape index (κ3) is 4.39. The molecule has 1 aliphatic rings.